The molecule has 5 aliphatic rings. The number of ether oxygens (including phenoxy) is 1. The van der Waals surface area contributed by atoms with Gasteiger partial charge >= 0.3 is 0 Å². The van der Waals surface area contributed by atoms with E-state index in [1.54, 1.807) is 0 Å². The van der Waals surface area contributed by atoms with Crippen LogP contribution in [-0.2, 0) is 14.4 Å². The molecule has 32 heavy (non-hydrogen) atoms. The van der Waals surface area contributed by atoms with Crippen LogP contribution in [-0.4, -0.2) is 55.8 Å². The quantitative estimate of drug-likeness (QED) is 0.347. The Kier molecular flexibility index (Phi) is 6.26. The third-order valence-electron chi connectivity index (χ3n) is 10.3. The van der Waals surface area contributed by atoms with Gasteiger partial charge in [0.1, 0.15) is 6.61 Å². The van der Waals surface area contributed by atoms with E-state index in [1.165, 1.54) is 43.4 Å². The fourth-order valence-electron chi connectivity index (χ4n) is 8.45. The second kappa shape index (κ2) is 8.87. The van der Waals surface area contributed by atoms with Crippen LogP contribution in [0.25, 0.3) is 0 Å². The summed E-state index contributed by atoms with van der Waals surface area (Å²) < 4.78 is 5.42. The Morgan fingerprint density at radius 3 is 2.75 bits per heavy atom. The lowest BCUT2D eigenvalue weighted by Crippen LogP contribution is -2.51. The number of carbonyl (C=O) groups excluding carboxylic acids is 1. The normalized spacial score (nSPS) is 42.7. The van der Waals surface area contributed by atoms with Gasteiger partial charge in [-0.15, -0.1) is 0 Å². The van der Waals surface area contributed by atoms with Gasteiger partial charge in [-0.25, -0.2) is 0 Å². The third-order valence-corrected chi connectivity index (χ3v) is 10.3. The first-order chi connectivity index (χ1) is 15.4. The summed E-state index contributed by atoms with van der Waals surface area (Å²) in [5.74, 6) is 3.27. The number of allylic oxidation sites excluding steroid dienone is 1. The van der Waals surface area contributed by atoms with Crippen molar-refractivity contribution in [2.75, 3.05) is 39.5 Å². The molecule has 4 fully saturated rings. The van der Waals surface area contributed by atoms with Gasteiger partial charge in [0.15, 0.2) is 5.78 Å². The Hall–Kier alpha value is -1.20. The zero-order chi connectivity index (χ0) is 22.3. The van der Waals surface area contributed by atoms with Crippen molar-refractivity contribution in [3.05, 3.63) is 11.6 Å². The van der Waals surface area contributed by atoms with Crippen LogP contribution in [0.5, 0.6) is 0 Å². The number of hydrogen-bond donors (Lipinski definition) is 0. The summed E-state index contributed by atoms with van der Waals surface area (Å²) >= 11 is 0. The van der Waals surface area contributed by atoms with Crippen LogP contribution in [0.15, 0.2) is 16.8 Å². The van der Waals surface area contributed by atoms with Crippen LogP contribution >= 0.6 is 0 Å². The fraction of sp³-hybridized carbons (Fsp3) is 0.852. The molecule has 0 aromatic carbocycles. The molecule has 6 atom stereocenters. The van der Waals surface area contributed by atoms with Crippen LogP contribution in [0.3, 0.4) is 0 Å². The third kappa shape index (κ3) is 3.87. The molecule has 5 nitrogen and oxygen atoms in total. The number of hydrogen-bond acceptors (Lipinski definition) is 5. The first-order valence-electron chi connectivity index (χ1n) is 13.1. The van der Waals surface area contributed by atoms with Crippen molar-refractivity contribution >= 4 is 11.5 Å². The highest BCUT2D eigenvalue weighted by Gasteiger charge is 2.59. The molecule has 0 radical (unpaired) electrons. The van der Waals surface area contributed by atoms with E-state index in [4.69, 9.17) is 9.57 Å². The summed E-state index contributed by atoms with van der Waals surface area (Å²) in [5.41, 5.74) is 3.30. The molecule has 0 N–H and O–H groups in total. The Labute approximate surface area is 194 Å². The minimum absolute atomic E-state index is 0.266. The van der Waals surface area contributed by atoms with Crippen molar-refractivity contribution in [3.63, 3.8) is 0 Å². The second-order valence-electron chi connectivity index (χ2n) is 11.7. The first kappa shape index (κ1) is 22.6. The Morgan fingerprint density at radius 1 is 1.12 bits per heavy atom. The zero-order valence-corrected chi connectivity index (χ0v) is 20.4. The van der Waals surface area contributed by atoms with E-state index in [2.05, 4.69) is 30.8 Å². The Balaban J connectivity index is 1.23. The van der Waals surface area contributed by atoms with Gasteiger partial charge in [0.05, 0.1) is 18.9 Å². The second-order valence-corrected chi connectivity index (χ2v) is 11.7. The molecule has 0 bridgehead atoms. The van der Waals surface area contributed by atoms with Crippen molar-refractivity contribution in [1.29, 1.82) is 0 Å². The summed E-state index contributed by atoms with van der Waals surface area (Å²) in [4.78, 5) is 20.3. The van der Waals surface area contributed by atoms with E-state index in [0.717, 1.165) is 69.9 Å². The van der Waals surface area contributed by atoms with Crippen molar-refractivity contribution in [2.45, 2.75) is 72.1 Å². The Morgan fingerprint density at radius 2 is 1.94 bits per heavy atom. The summed E-state index contributed by atoms with van der Waals surface area (Å²) in [6.07, 6.45) is 11.4. The molecule has 178 valence electrons. The van der Waals surface area contributed by atoms with Crippen molar-refractivity contribution in [2.24, 2.45) is 39.7 Å². The van der Waals surface area contributed by atoms with Gasteiger partial charge in [0, 0.05) is 32.0 Å². The molecule has 0 unspecified atom stereocenters. The summed E-state index contributed by atoms with van der Waals surface area (Å²) in [6.45, 7) is 12.5. The number of rotatable bonds is 5. The van der Waals surface area contributed by atoms with Crippen LogP contribution in [0.4, 0.5) is 0 Å². The standard InChI is InChI=1S/C27H42N2O3/c1-19(28-32-17-14-29-12-15-31-16-13-29)23-6-7-24-22-5-4-20-18-21(30)8-10-26(20,2)25(22)9-11-27(23,24)3/h18,22-25H,4-17H2,1-3H3/b28-19+/t22-,23+,24-,25-,26-,27+/m0/s1. The predicted octanol–water partition coefficient (Wildman–Crippen LogP) is 4.86. The van der Waals surface area contributed by atoms with E-state index < -0.39 is 0 Å². The van der Waals surface area contributed by atoms with E-state index in [-0.39, 0.29) is 5.41 Å². The molecule has 1 aliphatic heterocycles. The lowest BCUT2D eigenvalue weighted by molar-refractivity contribution is -0.117. The molecule has 5 heteroatoms. The molecule has 0 aromatic heterocycles. The van der Waals surface area contributed by atoms with Crippen LogP contribution < -0.4 is 0 Å². The molecular formula is C27H42N2O3. The molecule has 3 saturated carbocycles. The summed E-state index contributed by atoms with van der Waals surface area (Å²) in [5, 5.41) is 4.63. The average Bonchev–Trinajstić information content (AvgIpc) is 3.15. The zero-order valence-electron chi connectivity index (χ0n) is 20.4. The van der Waals surface area contributed by atoms with Crippen molar-refractivity contribution < 1.29 is 14.4 Å². The van der Waals surface area contributed by atoms with E-state index in [1.807, 2.05) is 6.08 Å². The highest BCUT2D eigenvalue weighted by Crippen LogP contribution is 2.66. The van der Waals surface area contributed by atoms with Gasteiger partial charge in [-0.05, 0) is 86.5 Å². The molecule has 4 aliphatic carbocycles. The van der Waals surface area contributed by atoms with Gasteiger partial charge in [-0.3, -0.25) is 9.69 Å². The molecule has 5 rings (SSSR count). The lowest BCUT2D eigenvalue weighted by Gasteiger charge is -2.58. The fourth-order valence-corrected chi connectivity index (χ4v) is 8.45. The van der Waals surface area contributed by atoms with Crippen LogP contribution in [0.1, 0.15) is 72.1 Å². The highest BCUT2D eigenvalue weighted by molar-refractivity contribution is 5.91. The summed E-state index contributed by atoms with van der Waals surface area (Å²) in [7, 11) is 0. The Bertz CT molecular complexity index is 786. The van der Waals surface area contributed by atoms with Crippen LogP contribution in [0.2, 0.25) is 0 Å². The number of oxime groups is 1. The van der Waals surface area contributed by atoms with Gasteiger partial charge in [0.25, 0.3) is 0 Å². The largest absolute Gasteiger partial charge is 0.394 e. The van der Waals surface area contributed by atoms with E-state index in [9.17, 15) is 4.79 Å². The maximum absolute atomic E-state index is 12.1. The van der Waals surface area contributed by atoms with Gasteiger partial charge in [-0.1, -0.05) is 24.6 Å². The number of morpholine rings is 1. The number of fused-ring (bicyclic) bond motifs is 5. The number of carbonyl (C=O) groups is 1. The lowest BCUT2D eigenvalue weighted by atomic mass is 9.46. The molecule has 0 spiro atoms. The first-order valence-corrected chi connectivity index (χ1v) is 13.1. The topological polar surface area (TPSA) is 51.1 Å². The smallest absolute Gasteiger partial charge is 0.155 e. The molecule has 0 aromatic rings. The highest BCUT2D eigenvalue weighted by atomic mass is 16.6. The number of ketones is 1. The van der Waals surface area contributed by atoms with Gasteiger partial charge < -0.3 is 9.57 Å². The molecule has 1 saturated heterocycles. The average molecular weight is 443 g/mol. The van der Waals surface area contributed by atoms with Gasteiger partial charge in [-0.2, -0.15) is 0 Å². The minimum Gasteiger partial charge on any atom is -0.394 e. The van der Waals surface area contributed by atoms with Crippen molar-refractivity contribution in [3.8, 4) is 0 Å². The maximum Gasteiger partial charge on any atom is 0.155 e. The summed E-state index contributed by atoms with van der Waals surface area (Å²) in [6, 6.07) is 0. The SMILES string of the molecule is C/C(=N\OCCN1CCOCC1)[C@H]1CC[C@H]2[C@@H]3CCC4=CC(=O)CC[C@]4(C)[C@H]3CC[C@]12C. The van der Waals surface area contributed by atoms with Gasteiger partial charge in [0.2, 0.25) is 0 Å². The molecular weight excluding hydrogens is 400 g/mol. The maximum atomic E-state index is 12.1. The minimum atomic E-state index is 0.266. The van der Waals surface area contributed by atoms with E-state index in [0.29, 0.717) is 23.7 Å². The van der Waals surface area contributed by atoms with Crippen LogP contribution in [0, 0.1) is 34.5 Å². The molecule has 1 heterocycles. The van der Waals surface area contributed by atoms with Crippen molar-refractivity contribution in [1.82, 2.24) is 4.90 Å². The predicted molar refractivity (Wildman–Crippen MR) is 127 cm³/mol. The van der Waals surface area contributed by atoms with E-state index >= 15 is 0 Å². The molecule has 0 amide bonds. The number of nitrogens with zero attached hydrogens (tertiary/aromatic N) is 2. The monoisotopic (exact) mass is 442 g/mol.